The Balaban J connectivity index is 1.54. The van der Waals surface area contributed by atoms with Gasteiger partial charge in [0.25, 0.3) is 0 Å². The van der Waals surface area contributed by atoms with E-state index >= 15 is 0 Å². The van der Waals surface area contributed by atoms with Crippen LogP contribution >= 0.6 is 11.3 Å². The van der Waals surface area contributed by atoms with Gasteiger partial charge >= 0.3 is 0 Å². The number of rotatable bonds is 5. The number of aryl methyl sites for hydroxylation is 2. The number of fused-ring (bicyclic) bond motifs is 1. The normalized spacial score (nSPS) is 14.0. The number of nitrogens with one attached hydrogen (secondary N) is 1. The van der Waals surface area contributed by atoms with Gasteiger partial charge in [0.05, 0.1) is 5.69 Å². The lowest BCUT2D eigenvalue weighted by atomic mass is 10.1. The highest BCUT2D eigenvalue weighted by molar-refractivity contribution is 7.16. The Labute approximate surface area is 167 Å². The maximum Gasteiger partial charge on any atom is 0.248 e. The van der Waals surface area contributed by atoms with Crippen LogP contribution < -0.4 is 14.8 Å². The summed E-state index contributed by atoms with van der Waals surface area (Å²) in [7, 11) is 0. The van der Waals surface area contributed by atoms with Gasteiger partial charge in [-0.3, -0.25) is 4.79 Å². The van der Waals surface area contributed by atoms with Crippen molar-refractivity contribution in [3.63, 3.8) is 0 Å². The van der Waals surface area contributed by atoms with Crippen molar-refractivity contribution >= 4 is 22.4 Å². The molecule has 1 aliphatic heterocycles. The lowest BCUT2D eigenvalue weighted by Gasteiger charge is -2.18. The van der Waals surface area contributed by atoms with Gasteiger partial charge in [0.2, 0.25) is 5.91 Å². The molecule has 1 atom stereocenters. The van der Waals surface area contributed by atoms with E-state index < -0.39 is 0 Å². The molecular formula is C20H22N4O3S. The zero-order valence-electron chi connectivity index (χ0n) is 16.1. The summed E-state index contributed by atoms with van der Waals surface area (Å²) in [4.78, 5) is 22.6. The second-order valence-electron chi connectivity index (χ2n) is 6.55. The highest BCUT2D eigenvalue weighted by atomic mass is 32.1. The zero-order valence-corrected chi connectivity index (χ0v) is 16.9. The summed E-state index contributed by atoms with van der Waals surface area (Å²) in [6, 6.07) is 5.43. The summed E-state index contributed by atoms with van der Waals surface area (Å²) in [5, 5.41) is 3.52. The molecule has 1 amide bonds. The monoisotopic (exact) mass is 398 g/mol. The van der Waals surface area contributed by atoms with Crippen molar-refractivity contribution in [3.8, 4) is 22.8 Å². The maximum atomic E-state index is 12.7. The first-order valence-electron chi connectivity index (χ1n) is 9.27. The molecule has 0 radical (unpaired) electrons. The Morgan fingerprint density at radius 3 is 2.89 bits per heavy atom. The van der Waals surface area contributed by atoms with Crippen LogP contribution in [0.2, 0.25) is 0 Å². The molecule has 0 bridgehead atoms. The van der Waals surface area contributed by atoms with Gasteiger partial charge in [0.1, 0.15) is 25.1 Å². The van der Waals surface area contributed by atoms with Crippen LogP contribution in [-0.4, -0.2) is 33.7 Å². The van der Waals surface area contributed by atoms with E-state index in [-0.39, 0.29) is 11.9 Å². The zero-order chi connectivity index (χ0) is 19.7. The molecule has 28 heavy (non-hydrogen) atoms. The topological polar surface area (TPSA) is 78.3 Å². The van der Waals surface area contributed by atoms with Crippen molar-refractivity contribution in [2.45, 2.75) is 33.2 Å². The number of carbonyl (C=O) groups is 1. The van der Waals surface area contributed by atoms with E-state index in [1.807, 2.05) is 49.7 Å². The quantitative estimate of drug-likeness (QED) is 0.706. The van der Waals surface area contributed by atoms with Crippen LogP contribution in [-0.2, 0) is 11.2 Å². The number of carbonyl (C=O) groups excluding carboxylic acids is 1. The Kier molecular flexibility index (Phi) is 5.04. The molecule has 1 N–H and O–H groups in total. The average Bonchev–Trinajstić information content (AvgIpc) is 3.33. The van der Waals surface area contributed by atoms with E-state index in [1.54, 1.807) is 6.20 Å². The maximum absolute atomic E-state index is 12.7. The third-order valence-corrected chi connectivity index (χ3v) is 5.59. The number of anilines is 1. The first-order valence-corrected chi connectivity index (χ1v) is 10.1. The predicted octanol–water partition coefficient (Wildman–Crippen LogP) is 3.85. The third kappa shape index (κ3) is 3.47. The minimum absolute atomic E-state index is 0.116. The van der Waals surface area contributed by atoms with Crippen LogP contribution in [0, 0.1) is 6.92 Å². The van der Waals surface area contributed by atoms with E-state index in [1.165, 1.54) is 11.3 Å². The van der Waals surface area contributed by atoms with E-state index in [0.29, 0.717) is 18.3 Å². The SMILES string of the molecule is CCc1nccn1[C@@H](C)C(=O)Nc1nc(-c2ccc3c(c2)OCCO3)c(C)s1. The second-order valence-corrected chi connectivity index (χ2v) is 7.75. The van der Waals surface area contributed by atoms with Crippen LogP contribution in [0.15, 0.2) is 30.6 Å². The second kappa shape index (κ2) is 7.63. The number of ether oxygens (including phenoxy) is 2. The molecule has 0 saturated carbocycles. The van der Waals surface area contributed by atoms with Gasteiger partial charge in [-0.15, -0.1) is 11.3 Å². The number of hydrogen-bond acceptors (Lipinski definition) is 6. The summed E-state index contributed by atoms with van der Waals surface area (Å²) in [6.45, 7) is 6.98. The summed E-state index contributed by atoms with van der Waals surface area (Å²) < 4.78 is 13.1. The number of hydrogen-bond donors (Lipinski definition) is 1. The van der Waals surface area contributed by atoms with Crippen molar-refractivity contribution < 1.29 is 14.3 Å². The van der Waals surface area contributed by atoms with Crippen molar-refractivity contribution in [3.05, 3.63) is 41.3 Å². The molecule has 7 nitrogen and oxygen atoms in total. The lowest BCUT2D eigenvalue weighted by molar-refractivity contribution is -0.118. The molecule has 3 heterocycles. The Morgan fingerprint density at radius 2 is 2.11 bits per heavy atom. The van der Waals surface area contributed by atoms with Crippen molar-refractivity contribution in [1.29, 1.82) is 0 Å². The molecule has 3 aromatic rings. The van der Waals surface area contributed by atoms with Crippen LogP contribution in [0.5, 0.6) is 11.5 Å². The molecule has 146 valence electrons. The molecule has 0 spiro atoms. The van der Waals surface area contributed by atoms with Crippen LogP contribution in [0.1, 0.15) is 30.6 Å². The highest BCUT2D eigenvalue weighted by Gasteiger charge is 2.20. The summed E-state index contributed by atoms with van der Waals surface area (Å²) in [5.74, 6) is 2.24. The number of benzene rings is 1. The molecule has 0 unspecified atom stereocenters. The molecule has 1 aliphatic rings. The Bertz CT molecular complexity index is 1010. The van der Waals surface area contributed by atoms with Gasteiger partial charge in [-0.1, -0.05) is 6.92 Å². The number of amides is 1. The molecule has 2 aromatic heterocycles. The first kappa shape index (κ1) is 18.5. The van der Waals surface area contributed by atoms with E-state index in [2.05, 4.69) is 15.3 Å². The summed E-state index contributed by atoms with van der Waals surface area (Å²) >= 11 is 1.46. The fourth-order valence-corrected chi connectivity index (χ4v) is 4.05. The summed E-state index contributed by atoms with van der Waals surface area (Å²) in [5.41, 5.74) is 1.77. The molecule has 8 heteroatoms. The van der Waals surface area contributed by atoms with Gasteiger partial charge in [-0.2, -0.15) is 0 Å². The minimum Gasteiger partial charge on any atom is -0.486 e. The van der Waals surface area contributed by atoms with E-state index in [9.17, 15) is 4.79 Å². The number of imidazole rings is 1. The third-order valence-electron chi connectivity index (χ3n) is 4.70. The first-order chi connectivity index (χ1) is 13.6. The van der Waals surface area contributed by atoms with Gasteiger partial charge < -0.3 is 19.4 Å². The highest BCUT2D eigenvalue weighted by Crippen LogP contribution is 2.37. The lowest BCUT2D eigenvalue weighted by Crippen LogP contribution is -2.24. The van der Waals surface area contributed by atoms with Gasteiger partial charge in [0.15, 0.2) is 16.6 Å². The van der Waals surface area contributed by atoms with Gasteiger partial charge in [0, 0.05) is 29.3 Å². The molecule has 4 rings (SSSR count). The van der Waals surface area contributed by atoms with Crippen molar-refractivity contribution in [2.75, 3.05) is 18.5 Å². The van der Waals surface area contributed by atoms with E-state index in [4.69, 9.17) is 9.47 Å². The summed E-state index contributed by atoms with van der Waals surface area (Å²) in [6.07, 6.45) is 4.32. The number of nitrogens with zero attached hydrogens (tertiary/aromatic N) is 3. The molecule has 1 aromatic carbocycles. The Hall–Kier alpha value is -2.87. The van der Waals surface area contributed by atoms with Gasteiger partial charge in [-0.25, -0.2) is 9.97 Å². The molecule has 0 saturated heterocycles. The van der Waals surface area contributed by atoms with Crippen molar-refractivity contribution in [1.82, 2.24) is 14.5 Å². The van der Waals surface area contributed by atoms with Crippen LogP contribution in [0.4, 0.5) is 5.13 Å². The largest absolute Gasteiger partial charge is 0.486 e. The molecule has 0 fully saturated rings. The fraction of sp³-hybridized carbons (Fsp3) is 0.350. The average molecular weight is 398 g/mol. The molecule has 0 aliphatic carbocycles. The standard InChI is InChI=1S/C20H22N4O3S/c1-4-17-21-7-8-24(17)12(2)19(25)23-20-22-18(13(3)28-20)14-5-6-15-16(11-14)27-10-9-26-15/h5-8,11-12H,4,9-10H2,1-3H3,(H,22,23,25)/t12-/m0/s1. The van der Waals surface area contributed by atoms with Crippen LogP contribution in [0.25, 0.3) is 11.3 Å². The fourth-order valence-electron chi connectivity index (χ4n) is 3.21. The van der Waals surface area contributed by atoms with Gasteiger partial charge in [-0.05, 0) is 32.0 Å². The van der Waals surface area contributed by atoms with Crippen LogP contribution in [0.3, 0.4) is 0 Å². The predicted molar refractivity (Wildman–Crippen MR) is 108 cm³/mol. The smallest absolute Gasteiger partial charge is 0.248 e. The van der Waals surface area contributed by atoms with Crippen molar-refractivity contribution in [2.24, 2.45) is 0 Å². The number of thiazole rings is 1. The molecular weight excluding hydrogens is 376 g/mol. The minimum atomic E-state index is -0.362. The van der Waals surface area contributed by atoms with E-state index in [0.717, 1.165) is 39.9 Å². The Morgan fingerprint density at radius 1 is 1.32 bits per heavy atom. The number of aromatic nitrogens is 3.